The van der Waals surface area contributed by atoms with Crippen LogP contribution < -0.4 is 0 Å². The van der Waals surface area contributed by atoms with Crippen LogP contribution >= 0.6 is 0 Å². The Morgan fingerprint density at radius 2 is 1.62 bits per heavy atom. The first-order valence-electron chi connectivity index (χ1n) is 4.53. The minimum Gasteiger partial charge on any atom is -0.198 e. The summed E-state index contributed by atoms with van der Waals surface area (Å²) in [5.41, 5.74) is 4.91. The Labute approximate surface area is 80.0 Å². The minimum absolute atomic E-state index is 0.000556. The van der Waals surface area contributed by atoms with Crippen LogP contribution in [0.2, 0.25) is 0 Å². The summed E-state index contributed by atoms with van der Waals surface area (Å²) in [6.45, 7) is 8.18. The maximum Gasteiger partial charge on any atom is 0.0701 e. The molecule has 1 aromatic carbocycles. The van der Waals surface area contributed by atoms with Crippen molar-refractivity contribution in [2.24, 2.45) is 0 Å². The van der Waals surface area contributed by atoms with Gasteiger partial charge in [-0.1, -0.05) is 17.7 Å². The van der Waals surface area contributed by atoms with E-state index in [1.807, 2.05) is 6.92 Å². The van der Waals surface area contributed by atoms with Gasteiger partial charge in [0.05, 0.1) is 12.0 Å². The number of hydrogen-bond donors (Lipinski definition) is 0. The van der Waals surface area contributed by atoms with Crippen molar-refractivity contribution in [3.63, 3.8) is 0 Å². The molecule has 0 fully saturated rings. The van der Waals surface area contributed by atoms with E-state index in [2.05, 4.69) is 39.0 Å². The predicted octanol–water partition coefficient (Wildman–Crippen LogP) is 3.24. The quantitative estimate of drug-likeness (QED) is 0.639. The first-order chi connectivity index (χ1) is 6.06. The lowest BCUT2D eigenvalue weighted by Gasteiger charge is -2.12. The van der Waals surface area contributed by atoms with Crippen molar-refractivity contribution in [3.05, 3.63) is 34.4 Å². The third-order valence-corrected chi connectivity index (χ3v) is 2.36. The summed E-state index contributed by atoms with van der Waals surface area (Å²) in [4.78, 5) is 0. The highest BCUT2D eigenvalue weighted by atomic mass is 14.3. The molecule has 0 spiro atoms. The van der Waals surface area contributed by atoms with Crippen LogP contribution in [0, 0.1) is 32.1 Å². The van der Waals surface area contributed by atoms with Crippen molar-refractivity contribution < 1.29 is 0 Å². The number of benzene rings is 1. The molecule has 0 heterocycles. The van der Waals surface area contributed by atoms with Crippen LogP contribution in [0.4, 0.5) is 0 Å². The van der Waals surface area contributed by atoms with Crippen molar-refractivity contribution in [1.82, 2.24) is 0 Å². The lowest BCUT2D eigenvalue weighted by atomic mass is 9.91. The van der Waals surface area contributed by atoms with Gasteiger partial charge in [-0.2, -0.15) is 5.26 Å². The van der Waals surface area contributed by atoms with Crippen molar-refractivity contribution in [1.29, 1.82) is 5.26 Å². The van der Waals surface area contributed by atoms with Crippen LogP contribution in [-0.2, 0) is 0 Å². The highest BCUT2D eigenvalue weighted by Crippen LogP contribution is 2.24. The second-order valence-corrected chi connectivity index (χ2v) is 3.66. The van der Waals surface area contributed by atoms with E-state index >= 15 is 0 Å². The second-order valence-electron chi connectivity index (χ2n) is 3.66. The molecule has 0 radical (unpaired) electrons. The van der Waals surface area contributed by atoms with Gasteiger partial charge in [0.2, 0.25) is 0 Å². The van der Waals surface area contributed by atoms with Gasteiger partial charge in [-0.05, 0) is 44.4 Å². The van der Waals surface area contributed by atoms with Gasteiger partial charge in [0.1, 0.15) is 0 Å². The SMILES string of the molecule is Cc1cc(C)c(C(C)C#N)c(C)c1. The predicted molar refractivity (Wildman–Crippen MR) is 54.7 cm³/mol. The zero-order valence-electron chi connectivity index (χ0n) is 8.68. The molecule has 68 valence electrons. The fourth-order valence-electron chi connectivity index (χ4n) is 1.94. The molecule has 0 amide bonds. The smallest absolute Gasteiger partial charge is 0.0701 e. The van der Waals surface area contributed by atoms with Gasteiger partial charge < -0.3 is 0 Å². The van der Waals surface area contributed by atoms with Crippen LogP contribution in [0.3, 0.4) is 0 Å². The molecule has 0 aliphatic rings. The highest BCUT2D eigenvalue weighted by molar-refractivity contribution is 5.41. The molecular weight excluding hydrogens is 158 g/mol. The van der Waals surface area contributed by atoms with Crippen molar-refractivity contribution in [3.8, 4) is 6.07 Å². The molecule has 1 unspecified atom stereocenters. The molecule has 1 nitrogen and oxygen atoms in total. The molecule has 0 saturated carbocycles. The Morgan fingerprint density at radius 3 is 2.00 bits per heavy atom. The number of nitriles is 1. The zero-order valence-corrected chi connectivity index (χ0v) is 8.68. The topological polar surface area (TPSA) is 23.8 Å². The van der Waals surface area contributed by atoms with Crippen LogP contribution in [0.15, 0.2) is 12.1 Å². The van der Waals surface area contributed by atoms with Crippen molar-refractivity contribution in [2.45, 2.75) is 33.6 Å². The van der Waals surface area contributed by atoms with Gasteiger partial charge in [-0.25, -0.2) is 0 Å². The Balaban J connectivity index is 3.30. The lowest BCUT2D eigenvalue weighted by Crippen LogP contribution is -1.98. The molecular formula is C12H15N. The van der Waals surface area contributed by atoms with Gasteiger partial charge in [-0.15, -0.1) is 0 Å². The monoisotopic (exact) mass is 173 g/mol. The van der Waals surface area contributed by atoms with Crippen LogP contribution in [-0.4, -0.2) is 0 Å². The second kappa shape index (κ2) is 3.62. The van der Waals surface area contributed by atoms with Gasteiger partial charge in [0, 0.05) is 0 Å². The van der Waals surface area contributed by atoms with Crippen LogP contribution in [0.5, 0.6) is 0 Å². The molecule has 0 aliphatic carbocycles. The molecule has 1 aromatic rings. The molecule has 1 atom stereocenters. The van der Waals surface area contributed by atoms with Gasteiger partial charge in [0.15, 0.2) is 0 Å². The molecule has 0 aliphatic heterocycles. The van der Waals surface area contributed by atoms with E-state index in [-0.39, 0.29) is 5.92 Å². The molecule has 13 heavy (non-hydrogen) atoms. The van der Waals surface area contributed by atoms with Gasteiger partial charge in [-0.3, -0.25) is 0 Å². The lowest BCUT2D eigenvalue weighted by molar-refractivity contribution is 0.948. The summed E-state index contributed by atoms with van der Waals surface area (Å²) in [7, 11) is 0. The fourth-order valence-corrected chi connectivity index (χ4v) is 1.94. The van der Waals surface area contributed by atoms with Gasteiger partial charge in [0.25, 0.3) is 0 Å². The van der Waals surface area contributed by atoms with E-state index in [4.69, 9.17) is 5.26 Å². The molecule has 0 N–H and O–H groups in total. The summed E-state index contributed by atoms with van der Waals surface area (Å²) >= 11 is 0. The van der Waals surface area contributed by atoms with E-state index in [1.54, 1.807) is 0 Å². The van der Waals surface area contributed by atoms with Crippen molar-refractivity contribution >= 4 is 0 Å². The normalized spacial score (nSPS) is 12.2. The van der Waals surface area contributed by atoms with E-state index in [9.17, 15) is 0 Å². The van der Waals surface area contributed by atoms with E-state index in [0.717, 1.165) is 0 Å². The third kappa shape index (κ3) is 1.89. The number of hydrogen-bond acceptors (Lipinski definition) is 1. The number of nitrogens with zero attached hydrogens (tertiary/aromatic N) is 1. The molecule has 0 bridgehead atoms. The fraction of sp³-hybridized carbons (Fsp3) is 0.417. The Morgan fingerprint density at radius 1 is 1.15 bits per heavy atom. The first-order valence-corrected chi connectivity index (χ1v) is 4.53. The third-order valence-electron chi connectivity index (χ3n) is 2.36. The average Bonchev–Trinajstić information content (AvgIpc) is 2.02. The number of aryl methyl sites for hydroxylation is 3. The number of rotatable bonds is 1. The molecule has 0 aromatic heterocycles. The van der Waals surface area contributed by atoms with Crippen molar-refractivity contribution in [2.75, 3.05) is 0 Å². The first kappa shape index (κ1) is 9.80. The molecule has 1 rings (SSSR count). The van der Waals surface area contributed by atoms with E-state index in [0.29, 0.717) is 0 Å². The molecule has 0 saturated heterocycles. The van der Waals surface area contributed by atoms with Crippen LogP contribution in [0.1, 0.15) is 35.1 Å². The van der Waals surface area contributed by atoms with E-state index in [1.165, 1.54) is 22.3 Å². The summed E-state index contributed by atoms with van der Waals surface area (Å²) in [5, 5.41) is 8.86. The van der Waals surface area contributed by atoms with E-state index < -0.39 is 0 Å². The Kier molecular flexibility index (Phi) is 2.72. The van der Waals surface area contributed by atoms with Gasteiger partial charge >= 0.3 is 0 Å². The minimum atomic E-state index is 0.000556. The van der Waals surface area contributed by atoms with Crippen LogP contribution in [0.25, 0.3) is 0 Å². The largest absolute Gasteiger partial charge is 0.198 e. The zero-order chi connectivity index (χ0) is 10.0. The summed E-state index contributed by atoms with van der Waals surface area (Å²) in [6, 6.07) is 6.55. The highest BCUT2D eigenvalue weighted by Gasteiger charge is 2.10. The average molecular weight is 173 g/mol. The Bertz CT molecular complexity index is 335. The molecule has 1 heteroatoms. The Hall–Kier alpha value is -1.29. The summed E-state index contributed by atoms with van der Waals surface area (Å²) in [5.74, 6) is 0.000556. The summed E-state index contributed by atoms with van der Waals surface area (Å²) < 4.78 is 0. The maximum atomic E-state index is 8.86. The summed E-state index contributed by atoms with van der Waals surface area (Å²) in [6.07, 6.45) is 0. The maximum absolute atomic E-state index is 8.86. The standard InChI is InChI=1S/C12H15N/c1-8-5-9(2)12(10(3)6-8)11(4)7-13/h5-6,11H,1-4H3.